The zero-order valence-corrected chi connectivity index (χ0v) is 13.2. The maximum atomic E-state index is 11.8. The number of aryl methyl sites for hydroxylation is 1. The Morgan fingerprint density at radius 1 is 1.38 bits per heavy atom. The number of benzene rings is 1. The van der Waals surface area contributed by atoms with Crippen LogP contribution >= 0.6 is 11.3 Å². The van der Waals surface area contributed by atoms with Crippen LogP contribution in [0.25, 0.3) is 11.0 Å². The number of nitrogens with zero attached hydrogens (tertiary/aromatic N) is 3. The molecule has 0 radical (unpaired) electrons. The number of imidazole rings is 1. The van der Waals surface area contributed by atoms with Gasteiger partial charge in [-0.15, -0.1) is 11.3 Å². The van der Waals surface area contributed by atoms with E-state index in [1.807, 2.05) is 13.0 Å². The van der Waals surface area contributed by atoms with E-state index in [1.54, 1.807) is 34.2 Å². The number of hydrogen-bond donors (Lipinski definition) is 1. The lowest BCUT2D eigenvalue weighted by molar-refractivity contribution is 0.602. The second-order valence-corrected chi connectivity index (χ2v) is 8.12. The molecule has 0 aliphatic carbocycles. The number of rotatable bonds is 3. The molecule has 0 unspecified atom stereocenters. The van der Waals surface area contributed by atoms with E-state index in [4.69, 9.17) is 5.73 Å². The molecule has 3 rings (SSSR count). The minimum Gasteiger partial charge on any atom is -0.369 e. The number of nitrogens with two attached hydrogens (primary N) is 1. The Bertz CT molecular complexity index is 925. The third-order valence-electron chi connectivity index (χ3n) is 3.13. The Kier molecular flexibility index (Phi) is 3.22. The Balaban J connectivity index is 2.18. The number of para-hydroxylation sites is 1. The molecule has 2 N–H and O–H groups in total. The molecule has 2 aromatic heterocycles. The Morgan fingerprint density at radius 2 is 2.14 bits per heavy atom. The summed E-state index contributed by atoms with van der Waals surface area (Å²) in [6.07, 6.45) is 2.97. The summed E-state index contributed by atoms with van der Waals surface area (Å²) < 4.78 is 25.4. The summed E-state index contributed by atoms with van der Waals surface area (Å²) in [6.45, 7) is 2.46. The van der Waals surface area contributed by atoms with Gasteiger partial charge in [0.25, 0.3) is 0 Å². The maximum Gasteiger partial charge on any atom is 0.201 e. The average Bonchev–Trinajstić information content (AvgIpc) is 2.93. The summed E-state index contributed by atoms with van der Waals surface area (Å²) in [5.41, 5.74) is 7.06. The first-order chi connectivity index (χ1) is 9.86. The molecular weight excluding hydrogens is 308 g/mol. The Hall–Kier alpha value is -1.93. The fourth-order valence-corrected chi connectivity index (χ4v) is 3.82. The fourth-order valence-electron chi connectivity index (χ4n) is 2.21. The summed E-state index contributed by atoms with van der Waals surface area (Å²) in [4.78, 5) is 9.84. The molecule has 0 fully saturated rings. The molecule has 0 amide bonds. The van der Waals surface area contributed by atoms with Crippen LogP contribution in [-0.2, 0) is 16.4 Å². The molecule has 0 bridgehead atoms. The van der Waals surface area contributed by atoms with Crippen LogP contribution in [0.15, 0.2) is 29.3 Å². The molecule has 0 saturated heterocycles. The molecular formula is C13H14N4O2S2. The second-order valence-electron chi connectivity index (χ2n) is 4.82. The van der Waals surface area contributed by atoms with Crippen LogP contribution in [0.3, 0.4) is 0 Å². The molecule has 0 saturated carbocycles. The lowest BCUT2D eigenvalue weighted by Crippen LogP contribution is -2.04. The monoisotopic (exact) mass is 322 g/mol. The number of sulfone groups is 1. The van der Waals surface area contributed by atoms with Crippen molar-refractivity contribution in [3.8, 4) is 0 Å². The van der Waals surface area contributed by atoms with Gasteiger partial charge in [0.15, 0.2) is 9.84 Å². The van der Waals surface area contributed by atoms with Crippen LogP contribution in [0.2, 0.25) is 0 Å². The van der Waals surface area contributed by atoms with Crippen molar-refractivity contribution < 1.29 is 8.42 Å². The Labute approximate surface area is 126 Å². The van der Waals surface area contributed by atoms with E-state index in [1.165, 1.54) is 6.26 Å². The van der Waals surface area contributed by atoms with Gasteiger partial charge in [0.1, 0.15) is 10.5 Å². The van der Waals surface area contributed by atoms with Crippen LogP contribution in [0, 0.1) is 6.92 Å². The number of fused-ring (bicyclic) bond motifs is 1. The zero-order valence-electron chi connectivity index (χ0n) is 11.6. The van der Waals surface area contributed by atoms with Gasteiger partial charge in [0, 0.05) is 17.3 Å². The highest BCUT2D eigenvalue weighted by atomic mass is 32.2. The minimum absolute atomic E-state index is 0.195. The van der Waals surface area contributed by atoms with Crippen LogP contribution in [0.1, 0.15) is 9.88 Å². The zero-order chi connectivity index (χ0) is 15.2. The molecule has 1 aromatic carbocycles. The van der Waals surface area contributed by atoms with E-state index in [2.05, 4.69) is 9.97 Å². The molecule has 0 aliphatic rings. The number of aromatic nitrogens is 3. The summed E-state index contributed by atoms with van der Waals surface area (Å²) in [5.74, 6) is 0.286. The van der Waals surface area contributed by atoms with Crippen molar-refractivity contribution in [3.05, 3.63) is 34.3 Å². The first-order valence-electron chi connectivity index (χ1n) is 6.22. The predicted molar refractivity (Wildman–Crippen MR) is 83.2 cm³/mol. The van der Waals surface area contributed by atoms with Gasteiger partial charge < -0.3 is 10.3 Å². The van der Waals surface area contributed by atoms with E-state index in [0.29, 0.717) is 17.6 Å². The van der Waals surface area contributed by atoms with Crippen LogP contribution < -0.4 is 5.73 Å². The Morgan fingerprint density at radius 3 is 2.76 bits per heavy atom. The van der Waals surface area contributed by atoms with Crippen LogP contribution in [0.5, 0.6) is 0 Å². The van der Waals surface area contributed by atoms with Gasteiger partial charge in [0.05, 0.1) is 17.0 Å². The van der Waals surface area contributed by atoms with Crippen molar-refractivity contribution in [1.29, 1.82) is 0 Å². The van der Waals surface area contributed by atoms with Crippen molar-refractivity contribution in [1.82, 2.24) is 14.5 Å². The van der Waals surface area contributed by atoms with Crippen LogP contribution in [-0.4, -0.2) is 29.2 Å². The SMILES string of the molecule is Cc1cnc(Cn2c(N)nc3c(S(C)(=O)=O)cccc32)s1. The van der Waals surface area contributed by atoms with Crippen molar-refractivity contribution >= 4 is 38.2 Å². The minimum atomic E-state index is -3.35. The number of nitrogen functional groups attached to an aromatic ring is 1. The smallest absolute Gasteiger partial charge is 0.201 e. The summed E-state index contributed by atoms with van der Waals surface area (Å²) >= 11 is 1.58. The third kappa shape index (κ3) is 2.52. The highest BCUT2D eigenvalue weighted by Gasteiger charge is 2.18. The third-order valence-corrected chi connectivity index (χ3v) is 5.16. The molecule has 6 nitrogen and oxygen atoms in total. The topological polar surface area (TPSA) is 90.9 Å². The fraction of sp³-hybridized carbons (Fsp3) is 0.231. The van der Waals surface area contributed by atoms with Crippen LogP contribution in [0.4, 0.5) is 5.95 Å². The normalized spacial score (nSPS) is 12.1. The largest absolute Gasteiger partial charge is 0.369 e. The van der Waals surface area contributed by atoms with Gasteiger partial charge in [-0.25, -0.2) is 18.4 Å². The van der Waals surface area contributed by atoms with Gasteiger partial charge in [-0.3, -0.25) is 0 Å². The number of anilines is 1. The van der Waals surface area contributed by atoms with Gasteiger partial charge in [-0.1, -0.05) is 6.07 Å². The molecule has 2 heterocycles. The lowest BCUT2D eigenvalue weighted by atomic mass is 10.3. The summed E-state index contributed by atoms with van der Waals surface area (Å²) in [5, 5.41) is 0.906. The first kappa shape index (κ1) is 14.0. The molecule has 3 aromatic rings. The van der Waals surface area contributed by atoms with E-state index < -0.39 is 9.84 Å². The second kappa shape index (κ2) is 4.81. The van der Waals surface area contributed by atoms with E-state index in [9.17, 15) is 8.42 Å². The molecule has 0 aliphatic heterocycles. The molecule has 0 atom stereocenters. The molecule has 110 valence electrons. The van der Waals surface area contributed by atoms with Crippen molar-refractivity contribution in [2.45, 2.75) is 18.4 Å². The van der Waals surface area contributed by atoms with Crippen molar-refractivity contribution in [2.75, 3.05) is 12.0 Å². The van der Waals surface area contributed by atoms with Crippen molar-refractivity contribution in [3.63, 3.8) is 0 Å². The lowest BCUT2D eigenvalue weighted by Gasteiger charge is -2.04. The standard InChI is InChI=1S/C13H14N4O2S2/c1-8-6-15-11(20-8)7-17-9-4-3-5-10(21(2,18)19)12(9)16-13(17)14/h3-6H,7H2,1-2H3,(H2,14,16). The summed E-state index contributed by atoms with van der Waals surface area (Å²) in [7, 11) is -3.35. The van der Waals surface area contributed by atoms with E-state index in [-0.39, 0.29) is 10.8 Å². The highest BCUT2D eigenvalue weighted by molar-refractivity contribution is 7.91. The van der Waals surface area contributed by atoms with Gasteiger partial charge in [-0.05, 0) is 19.1 Å². The molecule has 0 spiro atoms. The summed E-state index contributed by atoms with van der Waals surface area (Å²) in [6, 6.07) is 5.05. The first-order valence-corrected chi connectivity index (χ1v) is 8.93. The van der Waals surface area contributed by atoms with Gasteiger partial charge in [0.2, 0.25) is 5.95 Å². The number of hydrogen-bond acceptors (Lipinski definition) is 6. The van der Waals surface area contributed by atoms with E-state index >= 15 is 0 Å². The molecule has 21 heavy (non-hydrogen) atoms. The van der Waals surface area contributed by atoms with Gasteiger partial charge >= 0.3 is 0 Å². The van der Waals surface area contributed by atoms with Crippen molar-refractivity contribution in [2.24, 2.45) is 0 Å². The average molecular weight is 322 g/mol. The maximum absolute atomic E-state index is 11.8. The number of thiazole rings is 1. The highest BCUT2D eigenvalue weighted by Crippen LogP contribution is 2.26. The van der Waals surface area contributed by atoms with Gasteiger partial charge in [-0.2, -0.15) is 0 Å². The quantitative estimate of drug-likeness (QED) is 0.794. The predicted octanol–water partition coefficient (Wildman–Crippen LogP) is 1.84. The van der Waals surface area contributed by atoms with E-state index in [0.717, 1.165) is 9.88 Å². The molecule has 8 heteroatoms.